The number of carbonyl (C=O) groups is 1. The van der Waals surface area contributed by atoms with E-state index >= 15 is 0 Å². The lowest BCUT2D eigenvalue weighted by atomic mass is 9.82. The number of benzene rings is 3. The largest absolute Gasteiger partial charge is 0.448 e. The molecule has 0 aromatic heterocycles. The first-order chi connectivity index (χ1) is 16.6. The summed E-state index contributed by atoms with van der Waals surface area (Å²) in [6, 6.07) is 22.8. The predicted octanol–water partition coefficient (Wildman–Crippen LogP) is 5.57. The second-order valence-electron chi connectivity index (χ2n) is 9.46. The molecular formula is C28H27BrN2O3. The number of ether oxygens (including phenoxy) is 1. The van der Waals surface area contributed by atoms with E-state index in [4.69, 9.17) is 4.74 Å². The van der Waals surface area contributed by atoms with Crippen LogP contribution in [0.4, 0.5) is 10.5 Å². The summed E-state index contributed by atoms with van der Waals surface area (Å²) >= 11 is 3.60. The molecule has 2 heterocycles. The number of carbonyl (C=O) groups excluding carboxylic acids is 1. The van der Waals surface area contributed by atoms with Gasteiger partial charge >= 0.3 is 6.09 Å². The molecule has 3 atom stereocenters. The van der Waals surface area contributed by atoms with Gasteiger partial charge in [0.1, 0.15) is 6.61 Å². The number of fused-ring (bicyclic) bond motifs is 6. The highest BCUT2D eigenvalue weighted by molar-refractivity contribution is 9.10. The van der Waals surface area contributed by atoms with Gasteiger partial charge in [0.05, 0.1) is 18.7 Å². The van der Waals surface area contributed by atoms with Gasteiger partial charge in [0.25, 0.3) is 0 Å². The lowest BCUT2D eigenvalue weighted by molar-refractivity contribution is 0.0861. The van der Waals surface area contributed by atoms with Crippen LogP contribution in [-0.4, -0.2) is 48.9 Å². The summed E-state index contributed by atoms with van der Waals surface area (Å²) in [7, 11) is 2.03. The average molecular weight is 519 g/mol. The normalized spacial score (nSPS) is 22.7. The number of halogens is 1. The highest BCUT2D eigenvalue weighted by Crippen LogP contribution is 2.50. The molecule has 3 aromatic carbocycles. The van der Waals surface area contributed by atoms with E-state index in [0.717, 1.165) is 22.1 Å². The van der Waals surface area contributed by atoms with Gasteiger partial charge < -0.3 is 19.6 Å². The van der Waals surface area contributed by atoms with E-state index in [9.17, 15) is 9.90 Å². The number of rotatable bonds is 3. The van der Waals surface area contributed by atoms with Crippen LogP contribution in [0.15, 0.2) is 71.2 Å². The Hall–Kier alpha value is -2.83. The molecule has 1 saturated heterocycles. The Morgan fingerprint density at radius 3 is 2.38 bits per heavy atom. The standard InChI is InChI=1S/C28H27BrN2O3/c1-30-25-11-10-17(29)14-23(25)27-22(26(30)15-32)12-13-31(27)28(33)34-16-24-20-8-4-2-6-18(20)19-7-3-5-9-21(19)24/h2-11,14,22,24,26-27,32H,12-13,15-16H2,1H3/t22-,26-,27-/m1/s1. The molecular weight excluding hydrogens is 492 g/mol. The molecule has 0 radical (unpaired) electrons. The summed E-state index contributed by atoms with van der Waals surface area (Å²) in [5, 5.41) is 10.2. The van der Waals surface area contributed by atoms with Crippen LogP contribution in [0.2, 0.25) is 0 Å². The van der Waals surface area contributed by atoms with Crippen molar-refractivity contribution in [2.45, 2.75) is 24.4 Å². The lowest BCUT2D eigenvalue weighted by Gasteiger charge is -2.44. The van der Waals surface area contributed by atoms with Crippen molar-refractivity contribution < 1.29 is 14.6 Å². The fraction of sp³-hybridized carbons (Fsp3) is 0.321. The third-order valence-electron chi connectivity index (χ3n) is 7.88. The molecule has 5 nitrogen and oxygen atoms in total. The van der Waals surface area contributed by atoms with Crippen molar-refractivity contribution >= 4 is 27.7 Å². The minimum atomic E-state index is -0.276. The van der Waals surface area contributed by atoms with Crippen LogP contribution in [0.25, 0.3) is 11.1 Å². The van der Waals surface area contributed by atoms with Gasteiger partial charge in [0.2, 0.25) is 0 Å². The second-order valence-corrected chi connectivity index (χ2v) is 10.4. The van der Waals surface area contributed by atoms with Crippen LogP contribution < -0.4 is 4.90 Å². The van der Waals surface area contributed by atoms with Gasteiger partial charge in [-0.3, -0.25) is 0 Å². The summed E-state index contributed by atoms with van der Waals surface area (Å²) < 4.78 is 7.00. The highest BCUT2D eigenvalue weighted by atomic mass is 79.9. The van der Waals surface area contributed by atoms with E-state index in [2.05, 4.69) is 69.4 Å². The highest BCUT2D eigenvalue weighted by Gasteiger charge is 2.48. The number of aliphatic hydroxyl groups excluding tert-OH is 1. The third kappa shape index (κ3) is 3.27. The number of amides is 1. The Morgan fingerprint density at radius 2 is 1.71 bits per heavy atom. The van der Waals surface area contributed by atoms with Crippen molar-refractivity contribution in [3.8, 4) is 11.1 Å². The topological polar surface area (TPSA) is 53.0 Å². The van der Waals surface area contributed by atoms with Crippen LogP contribution in [0.1, 0.15) is 35.1 Å². The lowest BCUT2D eigenvalue weighted by Crippen LogP contribution is -2.48. The van der Waals surface area contributed by atoms with Crippen LogP contribution in [0.3, 0.4) is 0 Å². The zero-order chi connectivity index (χ0) is 23.4. The minimum Gasteiger partial charge on any atom is -0.448 e. The van der Waals surface area contributed by atoms with Crippen molar-refractivity contribution in [2.75, 3.05) is 31.7 Å². The Balaban J connectivity index is 1.27. The predicted molar refractivity (Wildman–Crippen MR) is 136 cm³/mol. The van der Waals surface area contributed by atoms with Crippen molar-refractivity contribution in [3.63, 3.8) is 0 Å². The molecule has 3 aromatic rings. The van der Waals surface area contributed by atoms with E-state index in [1.54, 1.807) is 0 Å². The number of aliphatic hydroxyl groups is 1. The zero-order valence-electron chi connectivity index (χ0n) is 19.0. The van der Waals surface area contributed by atoms with Crippen molar-refractivity contribution in [1.82, 2.24) is 4.90 Å². The molecule has 6 rings (SSSR count). The summed E-state index contributed by atoms with van der Waals surface area (Å²) in [5.74, 6) is 0.205. The average Bonchev–Trinajstić information content (AvgIpc) is 3.43. The molecule has 6 heteroatoms. The molecule has 1 aliphatic carbocycles. The molecule has 1 N–H and O–H groups in total. The van der Waals surface area contributed by atoms with Crippen molar-refractivity contribution in [3.05, 3.63) is 87.9 Å². The van der Waals surface area contributed by atoms with E-state index in [-0.39, 0.29) is 36.6 Å². The smallest absolute Gasteiger partial charge is 0.410 e. The first-order valence-electron chi connectivity index (χ1n) is 11.8. The van der Waals surface area contributed by atoms with Crippen LogP contribution >= 0.6 is 15.9 Å². The van der Waals surface area contributed by atoms with Gasteiger partial charge in [-0.05, 0) is 52.4 Å². The number of nitrogens with zero attached hydrogens (tertiary/aromatic N) is 2. The number of likely N-dealkylation sites (N-methyl/N-ethyl adjacent to an activating group) is 1. The molecule has 1 amide bonds. The first-order valence-corrected chi connectivity index (χ1v) is 12.6. The van der Waals surface area contributed by atoms with Gasteiger partial charge in [0.15, 0.2) is 0 Å². The fourth-order valence-corrected chi connectivity index (χ4v) is 6.69. The van der Waals surface area contributed by atoms with Crippen molar-refractivity contribution in [2.24, 2.45) is 5.92 Å². The molecule has 0 spiro atoms. The fourth-order valence-electron chi connectivity index (χ4n) is 6.31. The van der Waals surface area contributed by atoms with Crippen molar-refractivity contribution in [1.29, 1.82) is 0 Å². The maximum Gasteiger partial charge on any atom is 0.410 e. The minimum absolute atomic E-state index is 0.0231. The number of anilines is 1. The van der Waals surface area contributed by atoms with Crippen LogP contribution in [-0.2, 0) is 4.74 Å². The van der Waals surface area contributed by atoms with Gasteiger partial charge in [0, 0.05) is 35.6 Å². The molecule has 0 bridgehead atoms. The van der Waals surface area contributed by atoms with Gasteiger partial charge in [-0.2, -0.15) is 0 Å². The van der Waals surface area contributed by atoms with Crippen LogP contribution in [0.5, 0.6) is 0 Å². The van der Waals surface area contributed by atoms with E-state index in [0.29, 0.717) is 13.2 Å². The Bertz CT molecular complexity index is 1220. The molecule has 0 unspecified atom stereocenters. The second kappa shape index (κ2) is 8.43. The maximum absolute atomic E-state index is 13.5. The molecule has 3 aliphatic rings. The molecule has 0 saturated carbocycles. The molecule has 34 heavy (non-hydrogen) atoms. The summed E-state index contributed by atoms with van der Waals surface area (Å²) in [6.07, 6.45) is 0.567. The van der Waals surface area contributed by atoms with Gasteiger partial charge in [-0.15, -0.1) is 0 Å². The van der Waals surface area contributed by atoms with Gasteiger partial charge in [-0.25, -0.2) is 4.79 Å². The van der Waals surface area contributed by atoms with E-state index in [1.165, 1.54) is 22.3 Å². The monoisotopic (exact) mass is 518 g/mol. The molecule has 174 valence electrons. The number of hydrogen-bond donors (Lipinski definition) is 1. The Labute approximate surface area is 208 Å². The maximum atomic E-state index is 13.5. The Morgan fingerprint density at radius 1 is 1.03 bits per heavy atom. The molecule has 2 aliphatic heterocycles. The zero-order valence-corrected chi connectivity index (χ0v) is 20.6. The quantitative estimate of drug-likeness (QED) is 0.492. The van der Waals surface area contributed by atoms with Gasteiger partial charge in [-0.1, -0.05) is 64.5 Å². The number of hydrogen-bond acceptors (Lipinski definition) is 4. The first kappa shape index (κ1) is 21.7. The van der Waals surface area contributed by atoms with E-state index in [1.807, 2.05) is 30.1 Å². The third-order valence-corrected chi connectivity index (χ3v) is 8.38. The molecule has 1 fully saturated rings. The van der Waals surface area contributed by atoms with E-state index < -0.39 is 0 Å². The van der Waals surface area contributed by atoms with Crippen LogP contribution in [0, 0.1) is 5.92 Å². The summed E-state index contributed by atoms with van der Waals surface area (Å²) in [6.45, 7) is 1.00. The SMILES string of the molecule is CN1c2ccc(Br)cc2[C@H]2[C@H](CCN2C(=O)OCC2c3ccccc3-c3ccccc32)[C@H]1CO. The number of likely N-dealkylation sites (tertiary alicyclic amines) is 1. The summed E-state index contributed by atoms with van der Waals surface area (Å²) in [5.41, 5.74) is 7.04. The summed E-state index contributed by atoms with van der Waals surface area (Å²) in [4.78, 5) is 17.5. The Kier molecular flexibility index (Phi) is 5.38.